The molecule has 52 heavy (non-hydrogen) atoms. The quantitative estimate of drug-likeness (QED) is 0.0689. The zero-order valence-electron chi connectivity index (χ0n) is 27.5. The lowest BCUT2D eigenvalue weighted by Gasteiger charge is -2.33. The van der Waals surface area contributed by atoms with E-state index < -0.39 is 23.0 Å². The van der Waals surface area contributed by atoms with Gasteiger partial charge in [-0.1, -0.05) is 98.5 Å². The lowest BCUT2D eigenvalue weighted by atomic mass is 10.3. The first-order chi connectivity index (χ1) is 25.2. The molecular weight excluding hydrogens is 719 g/mol. The van der Waals surface area contributed by atoms with E-state index in [0.717, 1.165) is 0 Å². The second-order valence-corrected chi connectivity index (χ2v) is 17.3. The Balaban J connectivity index is 1.60. The standard InChI is InChI=1S/C36H34N7O6P3/c37-29-19-7-11-23-33(29)46-51(47-34-24-12-8-20-30(34)38)41-50(44-27-15-3-1-4-16-27,45-28-17-5-2-6-18-28)42-52(43-51,48-35-25-13-9-21-31(35)39)49-36-26-14-10-22-32(36)40/h1-26H,37-40H2. The number of anilines is 4. The Labute approximate surface area is 300 Å². The van der Waals surface area contributed by atoms with Crippen LogP contribution in [-0.2, 0) is 0 Å². The van der Waals surface area contributed by atoms with Gasteiger partial charge in [-0.2, -0.15) is 0 Å². The molecule has 1 aliphatic rings. The highest BCUT2D eigenvalue weighted by Gasteiger charge is 2.49. The highest BCUT2D eigenvalue weighted by atomic mass is 31.3. The van der Waals surface area contributed by atoms with Gasteiger partial charge in [-0.05, 0) is 72.8 Å². The number of para-hydroxylation sites is 10. The second-order valence-electron chi connectivity index (χ2n) is 11.1. The van der Waals surface area contributed by atoms with Crippen molar-refractivity contribution in [1.82, 2.24) is 0 Å². The summed E-state index contributed by atoms with van der Waals surface area (Å²) < 4.78 is 55.8. The molecule has 6 aromatic carbocycles. The molecule has 0 bridgehead atoms. The van der Waals surface area contributed by atoms with Gasteiger partial charge in [0.05, 0.1) is 22.7 Å². The summed E-state index contributed by atoms with van der Waals surface area (Å²) in [4.78, 5) is 0. The molecule has 0 saturated heterocycles. The van der Waals surface area contributed by atoms with E-state index in [9.17, 15) is 0 Å². The molecule has 0 amide bonds. The molecule has 0 radical (unpaired) electrons. The minimum Gasteiger partial charge on any atom is -0.413 e. The average Bonchev–Trinajstić information content (AvgIpc) is 3.13. The van der Waals surface area contributed by atoms with Crippen molar-refractivity contribution in [2.75, 3.05) is 22.9 Å². The predicted molar refractivity (Wildman–Crippen MR) is 208 cm³/mol. The number of nitrogens with zero attached hydrogens (tertiary/aromatic N) is 3. The lowest BCUT2D eigenvalue weighted by molar-refractivity contribution is 0.444. The first-order valence-corrected chi connectivity index (χ1v) is 20.4. The van der Waals surface area contributed by atoms with Gasteiger partial charge in [0.15, 0.2) is 23.0 Å². The molecule has 0 spiro atoms. The van der Waals surface area contributed by atoms with Crippen LogP contribution in [0.2, 0.25) is 0 Å². The number of hydrogen-bond acceptors (Lipinski definition) is 13. The summed E-state index contributed by atoms with van der Waals surface area (Å²) in [6.07, 6.45) is 0. The molecule has 0 atom stereocenters. The summed E-state index contributed by atoms with van der Waals surface area (Å²) in [5.41, 5.74) is 26.9. The molecule has 0 unspecified atom stereocenters. The summed E-state index contributed by atoms with van der Waals surface area (Å²) in [6, 6.07) is 45.3. The largest absolute Gasteiger partial charge is 0.461 e. The predicted octanol–water partition coefficient (Wildman–Crippen LogP) is 10.6. The Hall–Kier alpha value is -5.99. The third-order valence-corrected chi connectivity index (χ3v) is 15.2. The smallest absolute Gasteiger partial charge is 0.413 e. The third kappa shape index (κ3) is 7.82. The van der Waals surface area contributed by atoms with E-state index in [1.807, 2.05) is 12.1 Å². The normalized spacial score (nSPS) is 15.0. The molecule has 264 valence electrons. The fourth-order valence-electron chi connectivity index (χ4n) is 4.76. The maximum atomic E-state index is 6.74. The van der Waals surface area contributed by atoms with Gasteiger partial charge >= 0.3 is 23.0 Å². The van der Waals surface area contributed by atoms with Crippen molar-refractivity contribution < 1.29 is 27.1 Å². The van der Waals surface area contributed by atoms with Crippen LogP contribution < -0.4 is 50.1 Å². The minimum atomic E-state index is -4.20. The van der Waals surface area contributed by atoms with Crippen molar-refractivity contribution in [2.24, 2.45) is 13.5 Å². The van der Waals surface area contributed by atoms with Crippen molar-refractivity contribution in [2.45, 2.75) is 0 Å². The monoisotopic (exact) mass is 753 g/mol. The van der Waals surface area contributed by atoms with Crippen molar-refractivity contribution in [3.63, 3.8) is 0 Å². The number of nitrogens with two attached hydrogens (primary N) is 4. The molecule has 13 nitrogen and oxygen atoms in total. The average molecular weight is 754 g/mol. The Bertz CT molecular complexity index is 2140. The number of benzene rings is 6. The van der Waals surface area contributed by atoms with Gasteiger partial charge in [0.25, 0.3) is 0 Å². The molecule has 8 N–H and O–H groups in total. The van der Waals surface area contributed by atoms with Crippen LogP contribution in [0.1, 0.15) is 0 Å². The number of nitrogen functional groups attached to an aromatic ring is 4. The number of rotatable bonds is 12. The van der Waals surface area contributed by atoms with Crippen LogP contribution in [0.5, 0.6) is 34.5 Å². The molecule has 16 heteroatoms. The van der Waals surface area contributed by atoms with Crippen LogP contribution in [0.3, 0.4) is 0 Å². The van der Waals surface area contributed by atoms with Gasteiger partial charge in [-0.15, -0.1) is 0 Å². The van der Waals surface area contributed by atoms with E-state index in [4.69, 9.17) is 63.6 Å². The van der Waals surface area contributed by atoms with Crippen LogP contribution in [0.25, 0.3) is 0 Å². The van der Waals surface area contributed by atoms with Gasteiger partial charge in [-0.3, -0.25) is 0 Å². The summed E-state index contributed by atoms with van der Waals surface area (Å²) in [5.74, 6) is 1.55. The second kappa shape index (κ2) is 14.7. The van der Waals surface area contributed by atoms with E-state index in [1.54, 1.807) is 146 Å². The fraction of sp³-hybridized carbons (Fsp3) is 0. The maximum absolute atomic E-state index is 6.74. The Kier molecular flexibility index (Phi) is 9.74. The van der Waals surface area contributed by atoms with Gasteiger partial charge in [-0.25, -0.2) is 0 Å². The van der Waals surface area contributed by atoms with Crippen molar-refractivity contribution in [3.8, 4) is 34.5 Å². The van der Waals surface area contributed by atoms with Crippen LogP contribution in [0.15, 0.2) is 171 Å². The van der Waals surface area contributed by atoms with Crippen LogP contribution in [0, 0.1) is 0 Å². The third-order valence-electron chi connectivity index (χ3n) is 7.16. The molecule has 0 saturated carbocycles. The van der Waals surface area contributed by atoms with Crippen molar-refractivity contribution in [3.05, 3.63) is 158 Å². The van der Waals surface area contributed by atoms with E-state index in [2.05, 4.69) is 0 Å². The number of hydrogen-bond donors (Lipinski definition) is 4. The van der Waals surface area contributed by atoms with Gasteiger partial charge in [0.1, 0.15) is 11.5 Å². The van der Waals surface area contributed by atoms with E-state index >= 15 is 0 Å². The van der Waals surface area contributed by atoms with Crippen LogP contribution in [0.4, 0.5) is 22.7 Å². The molecule has 6 aromatic rings. The molecule has 0 aliphatic carbocycles. The summed E-state index contributed by atoms with van der Waals surface area (Å²) >= 11 is 0. The lowest BCUT2D eigenvalue weighted by Crippen LogP contribution is -2.12. The highest BCUT2D eigenvalue weighted by Crippen LogP contribution is 2.79. The molecule has 1 aliphatic heterocycles. The SMILES string of the molecule is Nc1ccccc1OP1(Oc2ccccc2N)=NP(Oc2ccccc2)(Oc2ccccc2)=NP(Oc2ccccc2N)(Oc2ccccc2N)=N1. The topological polar surface area (TPSA) is 197 Å². The van der Waals surface area contributed by atoms with E-state index in [1.165, 1.54) is 0 Å². The highest BCUT2D eigenvalue weighted by molar-refractivity contribution is 7.79. The Morgan fingerprint density at radius 1 is 0.288 bits per heavy atom. The molecular formula is C36H34N7O6P3. The zero-order chi connectivity index (χ0) is 36.0. The molecule has 0 aromatic heterocycles. The zero-order valence-corrected chi connectivity index (χ0v) is 30.1. The summed E-state index contributed by atoms with van der Waals surface area (Å²) in [7, 11) is -12.5. The van der Waals surface area contributed by atoms with Crippen molar-refractivity contribution in [1.29, 1.82) is 0 Å². The molecule has 1 heterocycles. The van der Waals surface area contributed by atoms with Crippen molar-refractivity contribution >= 4 is 45.7 Å². The van der Waals surface area contributed by atoms with Crippen LogP contribution in [-0.4, -0.2) is 0 Å². The fourth-order valence-corrected chi connectivity index (χ4v) is 13.9. The summed E-state index contributed by atoms with van der Waals surface area (Å²) in [5, 5.41) is 0. The molecule has 7 rings (SSSR count). The first kappa shape index (κ1) is 34.5. The van der Waals surface area contributed by atoms with E-state index in [-0.39, 0.29) is 45.7 Å². The first-order valence-electron chi connectivity index (χ1n) is 15.8. The minimum absolute atomic E-state index is 0.203. The Morgan fingerprint density at radius 2 is 0.519 bits per heavy atom. The van der Waals surface area contributed by atoms with E-state index in [0.29, 0.717) is 11.5 Å². The van der Waals surface area contributed by atoms with Gasteiger partial charge in [0, 0.05) is 0 Å². The van der Waals surface area contributed by atoms with Gasteiger partial charge in [0.2, 0.25) is 0 Å². The molecule has 0 fully saturated rings. The van der Waals surface area contributed by atoms with Gasteiger partial charge < -0.3 is 50.1 Å². The Morgan fingerprint density at radius 3 is 0.788 bits per heavy atom. The summed E-state index contributed by atoms with van der Waals surface area (Å²) in [6.45, 7) is 0. The maximum Gasteiger partial charge on any atom is 0.461 e. The van der Waals surface area contributed by atoms with Crippen LogP contribution >= 0.6 is 23.0 Å².